The van der Waals surface area contributed by atoms with Crippen LogP contribution in [-0.4, -0.2) is 11.5 Å². The van der Waals surface area contributed by atoms with E-state index in [1.807, 2.05) is 6.92 Å². The van der Waals surface area contributed by atoms with Crippen molar-refractivity contribution in [2.75, 3.05) is 6.54 Å². The fourth-order valence-electron chi connectivity index (χ4n) is 1.91. The van der Waals surface area contributed by atoms with Gasteiger partial charge in [0.1, 0.15) is 11.6 Å². The molecule has 0 radical (unpaired) electrons. The first kappa shape index (κ1) is 13.9. The third kappa shape index (κ3) is 3.28. The van der Waals surface area contributed by atoms with Crippen molar-refractivity contribution in [1.82, 2.24) is 10.3 Å². The molecule has 1 aromatic heterocycles. The molecule has 0 bridgehead atoms. The second-order valence-corrected chi connectivity index (χ2v) is 4.51. The summed E-state index contributed by atoms with van der Waals surface area (Å²) in [6.45, 7) is 2.61. The Morgan fingerprint density at radius 2 is 2.00 bits per heavy atom. The molecule has 0 fully saturated rings. The molecule has 19 heavy (non-hydrogen) atoms. The lowest BCUT2D eigenvalue weighted by molar-refractivity contribution is 0.593. The Balaban J connectivity index is 2.42. The zero-order chi connectivity index (χ0) is 13.8. The lowest BCUT2D eigenvalue weighted by atomic mass is 10.00. The first-order valence-electron chi connectivity index (χ1n) is 5.90. The number of halogens is 3. The van der Waals surface area contributed by atoms with Crippen molar-refractivity contribution in [1.29, 1.82) is 0 Å². The summed E-state index contributed by atoms with van der Waals surface area (Å²) in [6, 6.07) is 5.59. The van der Waals surface area contributed by atoms with Gasteiger partial charge in [0, 0.05) is 6.20 Å². The molecular weight excluding hydrogens is 270 g/mol. The van der Waals surface area contributed by atoms with Crippen LogP contribution in [0.25, 0.3) is 0 Å². The predicted molar refractivity (Wildman–Crippen MR) is 71.1 cm³/mol. The summed E-state index contributed by atoms with van der Waals surface area (Å²) < 4.78 is 26.4. The zero-order valence-electron chi connectivity index (χ0n) is 10.3. The Hall–Kier alpha value is -1.52. The van der Waals surface area contributed by atoms with Gasteiger partial charge in [0.2, 0.25) is 0 Å². The quantitative estimate of drug-likeness (QED) is 0.925. The van der Waals surface area contributed by atoms with Crippen molar-refractivity contribution in [3.05, 3.63) is 64.4 Å². The average Bonchev–Trinajstić information content (AvgIpc) is 2.39. The van der Waals surface area contributed by atoms with E-state index in [0.29, 0.717) is 12.1 Å². The standard InChI is InChI=1S/C14H13ClF2N2/c1-2-19-14(10-5-11(16)8-18-7-10)9-3-4-13(17)12(15)6-9/h3-8,14,19H,2H2,1H3. The van der Waals surface area contributed by atoms with Crippen LogP contribution in [0.1, 0.15) is 24.1 Å². The molecule has 1 atom stereocenters. The summed E-state index contributed by atoms with van der Waals surface area (Å²) in [5.41, 5.74) is 1.44. The minimum absolute atomic E-state index is 0.0461. The number of hydrogen-bond acceptors (Lipinski definition) is 2. The Kier molecular flexibility index (Phi) is 4.45. The van der Waals surface area contributed by atoms with Gasteiger partial charge in [-0.15, -0.1) is 0 Å². The number of nitrogens with zero attached hydrogens (tertiary/aromatic N) is 1. The first-order valence-corrected chi connectivity index (χ1v) is 6.28. The maximum atomic E-state index is 13.3. The average molecular weight is 283 g/mol. The lowest BCUT2D eigenvalue weighted by Crippen LogP contribution is -2.22. The Morgan fingerprint density at radius 3 is 2.63 bits per heavy atom. The summed E-state index contributed by atoms with van der Waals surface area (Å²) in [7, 11) is 0. The molecule has 0 aliphatic carbocycles. The maximum Gasteiger partial charge on any atom is 0.141 e. The van der Waals surface area contributed by atoms with Gasteiger partial charge in [0.25, 0.3) is 0 Å². The van der Waals surface area contributed by atoms with Gasteiger partial charge in [-0.05, 0) is 35.9 Å². The number of pyridine rings is 1. The molecule has 1 heterocycles. The van der Waals surface area contributed by atoms with Crippen molar-refractivity contribution in [3.63, 3.8) is 0 Å². The van der Waals surface area contributed by atoms with Gasteiger partial charge in [-0.2, -0.15) is 0 Å². The minimum Gasteiger partial charge on any atom is -0.306 e. The molecule has 0 amide bonds. The Morgan fingerprint density at radius 1 is 1.21 bits per heavy atom. The van der Waals surface area contributed by atoms with Crippen LogP contribution >= 0.6 is 11.6 Å². The first-order chi connectivity index (χ1) is 9.11. The fourth-order valence-corrected chi connectivity index (χ4v) is 2.10. The van der Waals surface area contributed by atoms with E-state index in [9.17, 15) is 8.78 Å². The van der Waals surface area contributed by atoms with Crippen LogP contribution in [0.2, 0.25) is 5.02 Å². The van der Waals surface area contributed by atoms with Gasteiger partial charge in [-0.1, -0.05) is 24.6 Å². The molecule has 0 saturated heterocycles. The van der Waals surface area contributed by atoms with Crippen molar-refractivity contribution < 1.29 is 8.78 Å². The molecule has 0 aliphatic heterocycles. The van der Waals surface area contributed by atoms with E-state index in [1.165, 1.54) is 18.2 Å². The molecule has 1 aromatic carbocycles. The van der Waals surface area contributed by atoms with E-state index in [2.05, 4.69) is 10.3 Å². The summed E-state index contributed by atoms with van der Waals surface area (Å²) >= 11 is 5.78. The molecule has 2 aromatic rings. The second-order valence-electron chi connectivity index (χ2n) is 4.10. The van der Waals surface area contributed by atoms with E-state index < -0.39 is 11.6 Å². The smallest absolute Gasteiger partial charge is 0.141 e. The topological polar surface area (TPSA) is 24.9 Å². The van der Waals surface area contributed by atoms with Crippen LogP contribution in [0.3, 0.4) is 0 Å². The van der Waals surface area contributed by atoms with Gasteiger partial charge in [-0.3, -0.25) is 4.98 Å². The van der Waals surface area contributed by atoms with Crippen LogP contribution in [0.4, 0.5) is 8.78 Å². The van der Waals surface area contributed by atoms with Gasteiger partial charge in [0.05, 0.1) is 17.3 Å². The number of aromatic nitrogens is 1. The summed E-state index contributed by atoms with van der Waals surface area (Å²) in [5, 5.41) is 3.25. The summed E-state index contributed by atoms with van der Waals surface area (Å²) in [5.74, 6) is -0.883. The molecule has 0 spiro atoms. The third-order valence-corrected chi connectivity index (χ3v) is 3.03. The second kappa shape index (κ2) is 6.08. The molecule has 2 nitrogen and oxygen atoms in total. The normalized spacial score (nSPS) is 12.4. The van der Waals surface area contributed by atoms with Crippen LogP contribution < -0.4 is 5.32 Å². The molecule has 1 unspecified atom stereocenters. The van der Waals surface area contributed by atoms with Crippen molar-refractivity contribution in [2.24, 2.45) is 0 Å². The van der Waals surface area contributed by atoms with E-state index in [4.69, 9.17) is 11.6 Å². The number of hydrogen-bond donors (Lipinski definition) is 1. The van der Waals surface area contributed by atoms with Crippen LogP contribution in [0.5, 0.6) is 0 Å². The largest absolute Gasteiger partial charge is 0.306 e. The van der Waals surface area contributed by atoms with Gasteiger partial charge in [0.15, 0.2) is 0 Å². The summed E-state index contributed by atoms with van der Waals surface area (Å²) in [6.07, 6.45) is 2.72. The third-order valence-electron chi connectivity index (χ3n) is 2.74. The van der Waals surface area contributed by atoms with Crippen LogP contribution in [-0.2, 0) is 0 Å². The maximum absolute atomic E-state index is 13.3. The molecule has 0 aliphatic rings. The fraction of sp³-hybridized carbons (Fsp3) is 0.214. The number of rotatable bonds is 4. The van der Waals surface area contributed by atoms with E-state index in [-0.39, 0.29) is 11.1 Å². The predicted octanol–water partition coefficient (Wildman–Crippen LogP) is 3.71. The monoisotopic (exact) mass is 282 g/mol. The van der Waals surface area contributed by atoms with Gasteiger partial charge < -0.3 is 5.32 Å². The van der Waals surface area contributed by atoms with Crippen molar-refractivity contribution in [3.8, 4) is 0 Å². The minimum atomic E-state index is -0.474. The highest BCUT2D eigenvalue weighted by Crippen LogP contribution is 2.25. The molecule has 1 N–H and O–H groups in total. The molecule has 2 rings (SSSR count). The molecule has 5 heteroatoms. The number of benzene rings is 1. The highest BCUT2D eigenvalue weighted by Gasteiger charge is 2.15. The summed E-state index contributed by atoms with van der Waals surface area (Å²) in [4.78, 5) is 3.83. The van der Waals surface area contributed by atoms with Crippen LogP contribution in [0.15, 0.2) is 36.7 Å². The molecular formula is C14H13ClF2N2. The Bertz CT molecular complexity index is 575. The van der Waals surface area contributed by atoms with Gasteiger partial charge in [-0.25, -0.2) is 8.78 Å². The lowest BCUT2D eigenvalue weighted by Gasteiger charge is -2.19. The van der Waals surface area contributed by atoms with Crippen molar-refractivity contribution >= 4 is 11.6 Å². The highest BCUT2D eigenvalue weighted by molar-refractivity contribution is 6.30. The number of nitrogens with one attached hydrogen (secondary N) is 1. The van der Waals surface area contributed by atoms with Crippen LogP contribution in [0, 0.1) is 11.6 Å². The molecule has 0 saturated carbocycles. The van der Waals surface area contributed by atoms with E-state index in [1.54, 1.807) is 12.3 Å². The zero-order valence-corrected chi connectivity index (χ0v) is 11.1. The molecule has 100 valence electrons. The SMILES string of the molecule is CCNC(c1cncc(F)c1)c1ccc(F)c(Cl)c1. The van der Waals surface area contributed by atoms with E-state index >= 15 is 0 Å². The highest BCUT2D eigenvalue weighted by atomic mass is 35.5. The van der Waals surface area contributed by atoms with Gasteiger partial charge >= 0.3 is 0 Å². The van der Waals surface area contributed by atoms with Crippen molar-refractivity contribution in [2.45, 2.75) is 13.0 Å². The Labute approximate surface area is 115 Å². The van der Waals surface area contributed by atoms with E-state index in [0.717, 1.165) is 11.8 Å².